The second-order valence-corrected chi connectivity index (χ2v) is 6.44. The fourth-order valence-electron chi connectivity index (χ4n) is 2.38. The largest absolute Gasteiger partial charge is 0.314 e. The molecule has 0 spiro atoms. The van der Waals surface area contributed by atoms with Crippen LogP contribution in [0.1, 0.15) is 16.3 Å². The zero-order valence-corrected chi connectivity index (χ0v) is 15.3. The molecule has 2 heterocycles. The molecule has 1 N–H and O–H groups in total. The van der Waals surface area contributed by atoms with Gasteiger partial charge in [-0.1, -0.05) is 23.7 Å². The van der Waals surface area contributed by atoms with Crippen LogP contribution in [0.4, 0.5) is 0 Å². The SMILES string of the molecule is Cl.Cl.Clc1ccc(Cc2nc(CN3CCNCC3)cs2)cc1. The Bertz CT molecular complexity index is 553. The third-order valence-corrected chi connectivity index (χ3v) is 4.61. The number of piperazine rings is 1. The lowest BCUT2D eigenvalue weighted by atomic mass is 10.2. The molecule has 7 heteroatoms. The van der Waals surface area contributed by atoms with Crippen molar-refractivity contribution in [3.05, 3.63) is 50.9 Å². The van der Waals surface area contributed by atoms with E-state index in [0.29, 0.717) is 0 Å². The summed E-state index contributed by atoms with van der Waals surface area (Å²) in [6.07, 6.45) is 0.892. The van der Waals surface area contributed by atoms with Gasteiger partial charge < -0.3 is 5.32 Å². The monoisotopic (exact) mass is 379 g/mol. The van der Waals surface area contributed by atoms with Crippen LogP contribution >= 0.6 is 47.8 Å². The molecule has 0 aliphatic carbocycles. The molecule has 1 aliphatic rings. The summed E-state index contributed by atoms with van der Waals surface area (Å²) in [7, 11) is 0. The summed E-state index contributed by atoms with van der Waals surface area (Å²) >= 11 is 7.65. The number of hydrogen-bond acceptors (Lipinski definition) is 4. The van der Waals surface area contributed by atoms with Gasteiger partial charge in [-0.15, -0.1) is 36.2 Å². The summed E-state index contributed by atoms with van der Waals surface area (Å²) in [5, 5.41) is 7.52. The number of nitrogens with one attached hydrogen (secondary N) is 1. The Morgan fingerprint density at radius 1 is 1.14 bits per heavy atom. The number of nitrogens with zero attached hydrogens (tertiary/aromatic N) is 2. The molecule has 122 valence electrons. The Morgan fingerprint density at radius 3 is 2.50 bits per heavy atom. The number of thiazole rings is 1. The molecule has 0 radical (unpaired) electrons. The third-order valence-electron chi connectivity index (χ3n) is 3.46. The lowest BCUT2D eigenvalue weighted by Gasteiger charge is -2.26. The van der Waals surface area contributed by atoms with E-state index in [9.17, 15) is 0 Å². The predicted octanol–water partition coefficient (Wildman–Crippen LogP) is 3.64. The highest BCUT2D eigenvalue weighted by atomic mass is 35.5. The van der Waals surface area contributed by atoms with E-state index in [-0.39, 0.29) is 24.8 Å². The van der Waals surface area contributed by atoms with Crippen molar-refractivity contribution in [2.75, 3.05) is 26.2 Å². The Kier molecular flexibility index (Phi) is 8.69. The molecular formula is C15H20Cl3N3S. The molecule has 1 aliphatic heterocycles. The molecule has 3 rings (SSSR count). The van der Waals surface area contributed by atoms with Crippen molar-refractivity contribution in [2.24, 2.45) is 0 Å². The quantitative estimate of drug-likeness (QED) is 0.878. The molecular weight excluding hydrogens is 361 g/mol. The van der Waals surface area contributed by atoms with Crippen LogP contribution in [-0.2, 0) is 13.0 Å². The average molecular weight is 381 g/mol. The minimum absolute atomic E-state index is 0. The van der Waals surface area contributed by atoms with Gasteiger partial charge in [0, 0.05) is 49.5 Å². The fraction of sp³-hybridized carbons (Fsp3) is 0.400. The molecule has 22 heavy (non-hydrogen) atoms. The first-order chi connectivity index (χ1) is 9.79. The van der Waals surface area contributed by atoms with Crippen LogP contribution in [0.15, 0.2) is 29.6 Å². The Morgan fingerprint density at radius 2 is 1.82 bits per heavy atom. The van der Waals surface area contributed by atoms with E-state index in [2.05, 4.69) is 27.7 Å². The van der Waals surface area contributed by atoms with Crippen molar-refractivity contribution in [1.82, 2.24) is 15.2 Å². The predicted molar refractivity (Wildman–Crippen MR) is 99.0 cm³/mol. The van der Waals surface area contributed by atoms with Gasteiger partial charge in [0.25, 0.3) is 0 Å². The smallest absolute Gasteiger partial charge is 0.0972 e. The first-order valence-electron chi connectivity index (χ1n) is 6.90. The lowest BCUT2D eigenvalue weighted by molar-refractivity contribution is 0.231. The van der Waals surface area contributed by atoms with Crippen molar-refractivity contribution in [1.29, 1.82) is 0 Å². The van der Waals surface area contributed by atoms with Crippen molar-refractivity contribution >= 4 is 47.8 Å². The molecule has 1 aromatic heterocycles. The molecule has 0 saturated carbocycles. The van der Waals surface area contributed by atoms with Gasteiger partial charge in [0.05, 0.1) is 10.7 Å². The van der Waals surface area contributed by atoms with E-state index in [1.807, 2.05) is 12.1 Å². The normalized spacial score (nSPS) is 15.0. The van der Waals surface area contributed by atoms with Crippen molar-refractivity contribution in [3.63, 3.8) is 0 Å². The van der Waals surface area contributed by atoms with Crippen molar-refractivity contribution in [3.8, 4) is 0 Å². The Hall–Kier alpha value is -0.360. The van der Waals surface area contributed by atoms with E-state index >= 15 is 0 Å². The first kappa shape index (κ1) is 19.7. The molecule has 0 amide bonds. The first-order valence-corrected chi connectivity index (χ1v) is 8.16. The van der Waals surface area contributed by atoms with Crippen LogP contribution in [0, 0.1) is 0 Å². The highest BCUT2D eigenvalue weighted by Gasteiger charge is 2.12. The molecule has 1 fully saturated rings. The second kappa shape index (κ2) is 9.71. The standard InChI is InChI=1S/C15H18ClN3S.2ClH/c16-13-3-1-12(2-4-13)9-15-18-14(11-20-15)10-19-7-5-17-6-8-19;;/h1-4,11,17H,5-10H2;2*1H. The second-order valence-electron chi connectivity index (χ2n) is 5.06. The number of rotatable bonds is 4. The van der Waals surface area contributed by atoms with Crippen molar-refractivity contribution in [2.45, 2.75) is 13.0 Å². The van der Waals surface area contributed by atoms with Crippen LogP contribution < -0.4 is 5.32 Å². The van der Waals surface area contributed by atoms with Gasteiger partial charge in [-0.25, -0.2) is 4.98 Å². The summed E-state index contributed by atoms with van der Waals surface area (Å²) in [6.45, 7) is 5.37. The van der Waals surface area contributed by atoms with Gasteiger partial charge in [0.1, 0.15) is 0 Å². The summed E-state index contributed by atoms with van der Waals surface area (Å²) in [5.74, 6) is 0. The molecule has 3 nitrogen and oxygen atoms in total. The number of hydrogen-bond donors (Lipinski definition) is 1. The number of benzene rings is 1. The molecule has 1 saturated heterocycles. The maximum atomic E-state index is 5.90. The lowest BCUT2D eigenvalue weighted by Crippen LogP contribution is -2.42. The van der Waals surface area contributed by atoms with Gasteiger partial charge >= 0.3 is 0 Å². The van der Waals surface area contributed by atoms with Crippen LogP contribution in [0.25, 0.3) is 0 Å². The number of aromatic nitrogens is 1. The summed E-state index contributed by atoms with van der Waals surface area (Å²) in [6, 6.07) is 8.01. The Labute approximate surface area is 152 Å². The van der Waals surface area contributed by atoms with E-state index in [4.69, 9.17) is 16.6 Å². The van der Waals surface area contributed by atoms with Crippen LogP contribution in [0.3, 0.4) is 0 Å². The molecule has 1 aromatic carbocycles. The minimum Gasteiger partial charge on any atom is -0.314 e. The van der Waals surface area contributed by atoms with Crippen LogP contribution in [0.2, 0.25) is 5.02 Å². The fourth-order valence-corrected chi connectivity index (χ4v) is 3.32. The van der Waals surface area contributed by atoms with Gasteiger partial charge in [-0.05, 0) is 17.7 Å². The van der Waals surface area contributed by atoms with Gasteiger partial charge in [-0.2, -0.15) is 0 Å². The molecule has 0 bridgehead atoms. The molecule has 2 aromatic rings. The van der Waals surface area contributed by atoms with E-state index in [0.717, 1.165) is 44.2 Å². The summed E-state index contributed by atoms with van der Waals surface area (Å²) in [5.41, 5.74) is 2.46. The van der Waals surface area contributed by atoms with E-state index in [1.54, 1.807) is 11.3 Å². The highest BCUT2D eigenvalue weighted by Crippen LogP contribution is 2.17. The average Bonchev–Trinajstić information content (AvgIpc) is 2.90. The highest BCUT2D eigenvalue weighted by molar-refractivity contribution is 7.09. The minimum atomic E-state index is 0. The van der Waals surface area contributed by atoms with E-state index in [1.165, 1.54) is 16.3 Å². The van der Waals surface area contributed by atoms with Crippen molar-refractivity contribution < 1.29 is 0 Å². The maximum absolute atomic E-state index is 5.90. The van der Waals surface area contributed by atoms with Crippen LogP contribution in [-0.4, -0.2) is 36.1 Å². The van der Waals surface area contributed by atoms with E-state index < -0.39 is 0 Å². The summed E-state index contributed by atoms with van der Waals surface area (Å²) in [4.78, 5) is 7.20. The zero-order valence-electron chi connectivity index (χ0n) is 12.1. The third kappa shape index (κ3) is 5.69. The summed E-state index contributed by atoms with van der Waals surface area (Å²) < 4.78 is 0. The topological polar surface area (TPSA) is 28.2 Å². The van der Waals surface area contributed by atoms with Gasteiger partial charge in [-0.3, -0.25) is 4.90 Å². The maximum Gasteiger partial charge on any atom is 0.0972 e. The van der Waals surface area contributed by atoms with Crippen LogP contribution in [0.5, 0.6) is 0 Å². The Balaban J connectivity index is 0.00000121. The molecule has 0 unspecified atom stereocenters. The van der Waals surface area contributed by atoms with Gasteiger partial charge in [0.15, 0.2) is 0 Å². The number of halogens is 3. The molecule has 0 atom stereocenters. The zero-order chi connectivity index (χ0) is 13.8. The van der Waals surface area contributed by atoms with Gasteiger partial charge in [0.2, 0.25) is 0 Å².